The number of β-lactam (4-membered cyclic amide) rings is 1. The lowest BCUT2D eigenvalue weighted by Gasteiger charge is -2.50. The SMILES string of the molecule is C[n+]1c(-c2ccc(OC[C@H](O/N=C(\C(=O)N[C@@H]3C(=O)N(OS(=O)(=O)O)C3(C)C)c3csc(N)n3)C(=O)O)cc2)ccn1CCCN.O=C([O-])C(F)(F)F. The summed E-state index contributed by atoms with van der Waals surface area (Å²) in [6.07, 6.45) is -4.08. The first-order chi connectivity index (χ1) is 24.6. The number of thiazole rings is 1. The first kappa shape index (κ1) is 42.0. The van der Waals surface area contributed by atoms with Crippen molar-refractivity contribution in [1.82, 2.24) is 20.0 Å². The number of rotatable bonds is 15. The standard InChI is InChI=1S/C26H32N8O10S2.C2HF3O2/c1-26(2)21(23(36)34(26)44-46(39,40)41)30-22(35)20(17-14-45-25(28)29-17)31-43-19(24(37)38)13-42-16-7-5-15(6-8-16)18-9-12-33(32(18)3)11-4-10-27;3-2(4,5)1(6)7/h5-9,12,14,19,21H,4,10-11,13,27H2,1-3H3,(H4-,28,29,30,35,37,38,39,40,41);(H,6,7)/b31-20-;/t19-,21+;/m0./s1. The lowest BCUT2D eigenvalue weighted by Crippen LogP contribution is -2.76. The molecule has 1 aliphatic heterocycles. The summed E-state index contributed by atoms with van der Waals surface area (Å²) in [7, 11) is -3.09. The summed E-state index contributed by atoms with van der Waals surface area (Å²) < 4.78 is 76.6. The Hall–Kier alpha value is -5.37. The van der Waals surface area contributed by atoms with Gasteiger partial charge in [0.15, 0.2) is 17.9 Å². The molecule has 1 saturated heterocycles. The van der Waals surface area contributed by atoms with Crippen LogP contribution in [0.25, 0.3) is 11.3 Å². The first-order valence-corrected chi connectivity index (χ1v) is 17.1. The number of oxime groups is 1. The van der Waals surface area contributed by atoms with Gasteiger partial charge in [0.05, 0.1) is 18.3 Å². The third-order valence-corrected chi connectivity index (χ3v) is 8.17. The van der Waals surface area contributed by atoms with E-state index in [2.05, 4.69) is 19.7 Å². The average molecular weight is 795 g/mol. The molecule has 0 unspecified atom stereocenters. The molecule has 3 aromatic rings. The Kier molecular flexibility index (Phi) is 13.5. The molecule has 0 bridgehead atoms. The van der Waals surface area contributed by atoms with Crippen molar-refractivity contribution in [1.29, 1.82) is 0 Å². The number of nitrogen functional groups attached to an aromatic ring is 1. The van der Waals surface area contributed by atoms with E-state index in [0.717, 1.165) is 35.6 Å². The van der Waals surface area contributed by atoms with E-state index in [1.165, 1.54) is 19.2 Å². The summed E-state index contributed by atoms with van der Waals surface area (Å²) in [5, 5.41) is 26.4. The summed E-state index contributed by atoms with van der Waals surface area (Å²) in [6.45, 7) is 3.58. The number of nitrogens with zero attached hydrogens (tertiary/aromatic N) is 5. The van der Waals surface area contributed by atoms with Crippen LogP contribution in [0, 0.1) is 0 Å². The minimum absolute atomic E-state index is 0.0607. The van der Waals surface area contributed by atoms with Gasteiger partial charge in [0.25, 0.3) is 17.9 Å². The number of halogens is 3. The van der Waals surface area contributed by atoms with Crippen LogP contribution < -0.4 is 31.3 Å². The number of carboxylic acids is 2. The first-order valence-electron chi connectivity index (χ1n) is 14.8. The molecule has 25 heteroatoms. The highest BCUT2D eigenvalue weighted by molar-refractivity contribution is 7.80. The van der Waals surface area contributed by atoms with Crippen molar-refractivity contribution in [2.45, 2.75) is 50.7 Å². The molecular weight excluding hydrogens is 761 g/mol. The number of alkyl halides is 3. The molecule has 20 nitrogen and oxygen atoms in total. The maximum absolute atomic E-state index is 13.2. The van der Waals surface area contributed by atoms with Gasteiger partial charge in [-0.3, -0.25) is 14.1 Å². The number of carbonyl (C=O) groups excluding carboxylic acids is 3. The van der Waals surface area contributed by atoms with E-state index in [1.807, 2.05) is 40.8 Å². The average Bonchev–Trinajstić information content (AvgIpc) is 3.66. The van der Waals surface area contributed by atoms with Crippen molar-refractivity contribution in [3.8, 4) is 17.0 Å². The second-order valence-corrected chi connectivity index (χ2v) is 13.2. The number of aliphatic carboxylic acids is 2. The smallest absolute Gasteiger partial charge is 0.430 e. The number of aromatic nitrogens is 3. The zero-order valence-corrected chi connectivity index (χ0v) is 29.5. The van der Waals surface area contributed by atoms with E-state index in [9.17, 15) is 41.1 Å². The number of benzene rings is 1. The Morgan fingerprint density at radius 3 is 2.34 bits per heavy atom. The van der Waals surface area contributed by atoms with Gasteiger partial charge in [-0.05, 0) is 51.1 Å². The maximum atomic E-state index is 13.2. The summed E-state index contributed by atoms with van der Waals surface area (Å²) in [5.41, 5.74) is 11.1. The van der Waals surface area contributed by atoms with Crippen LogP contribution >= 0.6 is 11.3 Å². The van der Waals surface area contributed by atoms with Crippen LogP contribution in [-0.2, 0) is 52.3 Å². The van der Waals surface area contributed by atoms with Crippen LogP contribution in [0.3, 0.4) is 0 Å². The normalized spacial score (nSPS) is 16.2. The number of nitrogens with one attached hydrogen (secondary N) is 1. The fourth-order valence-electron chi connectivity index (χ4n) is 4.44. The summed E-state index contributed by atoms with van der Waals surface area (Å²) in [5.74, 6) is -6.12. The van der Waals surface area contributed by atoms with Crippen LogP contribution in [0.2, 0.25) is 0 Å². The van der Waals surface area contributed by atoms with Crippen molar-refractivity contribution in [3.05, 3.63) is 47.6 Å². The molecule has 0 saturated carbocycles. The fourth-order valence-corrected chi connectivity index (χ4v) is 5.44. The lowest BCUT2D eigenvalue weighted by molar-refractivity contribution is -0.743. The van der Waals surface area contributed by atoms with Gasteiger partial charge in [-0.2, -0.15) is 31.3 Å². The van der Waals surface area contributed by atoms with Gasteiger partial charge in [-0.25, -0.2) is 9.78 Å². The third-order valence-electron chi connectivity index (χ3n) is 7.16. The number of carbonyl (C=O) groups is 4. The van der Waals surface area contributed by atoms with E-state index in [4.69, 9.17) is 35.5 Å². The number of ether oxygens (including phenoxy) is 1. The number of hydrogen-bond acceptors (Lipinski definition) is 15. The minimum Gasteiger partial charge on any atom is -0.542 e. The zero-order chi connectivity index (χ0) is 39.9. The Morgan fingerprint density at radius 1 is 1.23 bits per heavy atom. The van der Waals surface area contributed by atoms with Crippen LogP contribution in [0.5, 0.6) is 5.75 Å². The predicted octanol–water partition coefficient (Wildman–Crippen LogP) is -1.24. The summed E-state index contributed by atoms with van der Waals surface area (Å²) in [4.78, 5) is 55.6. The Balaban J connectivity index is 0.000000980. The molecule has 53 heavy (non-hydrogen) atoms. The van der Waals surface area contributed by atoms with Crippen LogP contribution in [-0.4, -0.2) is 99.3 Å². The van der Waals surface area contributed by atoms with Gasteiger partial charge in [0.2, 0.25) is 5.69 Å². The Bertz CT molecular complexity index is 1950. The third kappa shape index (κ3) is 11.1. The molecule has 2 atom stereocenters. The number of hydrogen-bond donors (Lipinski definition) is 5. The van der Waals surface area contributed by atoms with Crippen LogP contribution in [0.4, 0.5) is 18.3 Å². The van der Waals surface area contributed by atoms with Crippen molar-refractivity contribution in [2.75, 3.05) is 18.9 Å². The number of nitrogens with two attached hydrogens (primary N) is 2. The number of hydroxylamine groups is 2. The largest absolute Gasteiger partial charge is 0.542 e. The van der Waals surface area contributed by atoms with Crippen molar-refractivity contribution < 1.29 is 74.1 Å². The number of amides is 2. The van der Waals surface area contributed by atoms with Crippen molar-refractivity contribution in [3.63, 3.8) is 0 Å². The van der Waals surface area contributed by atoms with Gasteiger partial charge in [0.1, 0.15) is 30.1 Å². The summed E-state index contributed by atoms with van der Waals surface area (Å²) >= 11 is 0.961. The van der Waals surface area contributed by atoms with E-state index in [0.29, 0.717) is 17.4 Å². The molecule has 1 aliphatic rings. The molecule has 0 aliphatic carbocycles. The number of aryl methyl sites for hydroxylation is 1. The van der Waals surface area contributed by atoms with E-state index >= 15 is 0 Å². The molecule has 2 amide bonds. The molecule has 4 rings (SSSR count). The molecule has 290 valence electrons. The quantitative estimate of drug-likeness (QED) is 0.0395. The highest BCUT2D eigenvalue weighted by Crippen LogP contribution is 2.33. The Morgan fingerprint density at radius 2 is 1.85 bits per heavy atom. The highest BCUT2D eigenvalue weighted by Gasteiger charge is 2.58. The van der Waals surface area contributed by atoms with Gasteiger partial charge in [-0.1, -0.05) is 5.16 Å². The molecule has 7 N–H and O–H groups in total. The molecule has 3 heterocycles. The van der Waals surface area contributed by atoms with Gasteiger partial charge in [0, 0.05) is 17.0 Å². The lowest BCUT2D eigenvalue weighted by atomic mass is 9.84. The van der Waals surface area contributed by atoms with Gasteiger partial charge < -0.3 is 41.4 Å². The van der Waals surface area contributed by atoms with Crippen molar-refractivity contribution >= 4 is 56.3 Å². The molecule has 0 radical (unpaired) electrons. The van der Waals surface area contributed by atoms with Crippen LogP contribution in [0.15, 0.2) is 47.1 Å². The second-order valence-electron chi connectivity index (χ2n) is 11.3. The molecule has 2 aromatic heterocycles. The topological polar surface area (TPSA) is 295 Å². The van der Waals surface area contributed by atoms with Crippen LogP contribution in [0.1, 0.15) is 26.0 Å². The fraction of sp³-hybridized carbons (Fsp3) is 0.393. The monoisotopic (exact) mass is 794 g/mol. The van der Waals surface area contributed by atoms with E-state index in [1.54, 1.807) is 12.1 Å². The molecular formula is C28H33F3N8O12S2. The number of carboxylic acid groups (broad SMARTS) is 2. The highest BCUT2D eigenvalue weighted by atomic mass is 32.3. The van der Waals surface area contributed by atoms with Crippen molar-refractivity contribution in [2.24, 2.45) is 17.9 Å². The Labute approximate surface area is 302 Å². The maximum Gasteiger partial charge on any atom is 0.430 e. The molecule has 0 spiro atoms. The summed E-state index contributed by atoms with van der Waals surface area (Å²) in [6, 6.07) is 7.60. The molecule has 1 fully saturated rings. The number of anilines is 1. The second kappa shape index (κ2) is 17.0. The van der Waals surface area contributed by atoms with E-state index < -0.39 is 70.3 Å². The molecule has 1 aromatic carbocycles. The minimum atomic E-state index is -5.19. The van der Waals surface area contributed by atoms with Gasteiger partial charge >= 0.3 is 22.5 Å². The van der Waals surface area contributed by atoms with E-state index in [-0.39, 0.29) is 10.8 Å². The zero-order valence-electron chi connectivity index (χ0n) is 27.8. The predicted molar refractivity (Wildman–Crippen MR) is 172 cm³/mol. The van der Waals surface area contributed by atoms with Gasteiger partial charge in [-0.15, -0.1) is 20.3 Å².